The first kappa shape index (κ1) is 7.33. The molecule has 0 unspecified atom stereocenters. The Kier molecular flexibility index (Phi) is 1.91. The van der Waals surface area contributed by atoms with Crippen molar-refractivity contribution < 1.29 is 0 Å². The van der Waals surface area contributed by atoms with Gasteiger partial charge in [0.05, 0.1) is 0 Å². The molecule has 0 fully saturated rings. The van der Waals surface area contributed by atoms with E-state index in [1.807, 2.05) is 0 Å². The molecule has 6 N–H and O–H groups in total. The van der Waals surface area contributed by atoms with Crippen molar-refractivity contribution in [3.8, 4) is 0 Å². The molecule has 0 radical (unpaired) electrons. The zero-order valence-corrected chi connectivity index (χ0v) is 5.86. The van der Waals surface area contributed by atoms with Gasteiger partial charge < -0.3 is 17.3 Å². The molecule has 0 atom stereocenters. The van der Waals surface area contributed by atoms with Gasteiger partial charge in [-0.3, -0.25) is 0 Å². The molecule has 0 spiro atoms. The number of anilines is 1. The highest BCUT2D eigenvalue weighted by Crippen LogP contribution is 2.01. The molecule has 1 aromatic rings. The Morgan fingerprint density at radius 1 is 1.55 bits per heavy atom. The Morgan fingerprint density at radius 2 is 2.27 bits per heavy atom. The molecule has 0 saturated carbocycles. The van der Waals surface area contributed by atoms with E-state index in [0.717, 1.165) is 0 Å². The Bertz CT molecular complexity index is 280. The molecule has 5 heteroatoms. The summed E-state index contributed by atoms with van der Waals surface area (Å²) >= 11 is 0. The van der Waals surface area contributed by atoms with E-state index in [4.69, 9.17) is 17.3 Å². The molecule has 0 aliphatic heterocycles. The van der Waals surface area contributed by atoms with E-state index in [1.165, 1.54) is 0 Å². The van der Waals surface area contributed by atoms with Crippen LogP contribution in [-0.2, 0) is 0 Å². The first-order chi connectivity index (χ1) is 5.24. The molecular weight excluding hydrogens is 142 g/mol. The van der Waals surface area contributed by atoms with Crippen molar-refractivity contribution in [1.82, 2.24) is 4.98 Å². The number of nitrogens with two attached hydrogens (primary N) is 3. The summed E-state index contributed by atoms with van der Waals surface area (Å²) in [6.07, 6.45) is 1.54. The highest BCUT2D eigenvalue weighted by molar-refractivity contribution is 5.97. The molecule has 1 heterocycles. The zero-order valence-electron chi connectivity index (χ0n) is 5.86. The van der Waals surface area contributed by atoms with Crippen LogP contribution in [0.2, 0.25) is 0 Å². The molecule has 11 heavy (non-hydrogen) atoms. The highest BCUT2D eigenvalue weighted by atomic mass is 15.2. The standard InChI is InChI=1S/C6H9N5/c7-5-3-4(1-2-10-5)6(8)11-9/h1-3H,9H2,(H2,7,10)(H2,8,11). The predicted molar refractivity (Wildman–Crippen MR) is 43.6 cm³/mol. The van der Waals surface area contributed by atoms with Gasteiger partial charge in [-0.2, -0.15) is 5.10 Å². The van der Waals surface area contributed by atoms with E-state index in [-0.39, 0.29) is 5.84 Å². The minimum atomic E-state index is 0.249. The van der Waals surface area contributed by atoms with Crippen LogP contribution in [0.15, 0.2) is 23.4 Å². The SMILES string of the molecule is NN=C(N)c1ccnc(N)c1. The second kappa shape index (κ2) is 2.87. The second-order valence-corrected chi connectivity index (χ2v) is 1.98. The van der Waals surface area contributed by atoms with Gasteiger partial charge in [0, 0.05) is 11.8 Å². The summed E-state index contributed by atoms with van der Waals surface area (Å²) in [5, 5.41) is 3.31. The Balaban J connectivity index is 3.06. The number of hydrogen-bond donors (Lipinski definition) is 3. The number of pyridine rings is 1. The van der Waals surface area contributed by atoms with Gasteiger partial charge in [0.15, 0.2) is 0 Å². The maximum atomic E-state index is 5.40. The second-order valence-electron chi connectivity index (χ2n) is 1.98. The quantitative estimate of drug-likeness (QED) is 0.212. The van der Waals surface area contributed by atoms with Crippen LogP contribution < -0.4 is 17.3 Å². The van der Waals surface area contributed by atoms with E-state index >= 15 is 0 Å². The van der Waals surface area contributed by atoms with Crippen LogP contribution in [0, 0.1) is 0 Å². The van der Waals surface area contributed by atoms with Crippen LogP contribution in [0.5, 0.6) is 0 Å². The molecule has 0 bridgehead atoms. The van der Waals surface area contributed by atoms with Gasteiger partial charge >= 0.3 is 0 Å². The van der Waals surface area contributed by atoms with Crippen molar-refractivity contribution in [1.29, 1.82) is 0 Å². The van der Waals surface area contributed by atoms with Crippen molar-refractivity contribution in [3.05, 3.63) is 23.9 Å². The number of amidine groups is 1. The predicted octanol–water partition coefficient (Wildman–Crippen LogP) is -0.757. The molecule has 5 nitrogen and oxygen atoms in total. The van der Waals surface area contributed by atoms with E-state index in [9.17, 15) is 0 Å². The fourth-order valence-electron chi connectivity index (χ4n) is 0.682. The van der Waals surface area contributed by atoms with Crippen molar-refractivity contribution in [2.45, 2.75) is 0 Å². The fraction of sp³-hybridized carbons (Fsp3) is 0. The molecular formula is C6H9N5. The largest absolute Gasteiger partial charge is 0.384 e. The highest BCUT2D eigenvalue weighted by Gasteiger charge is 1.96. The number of hydrazone groups is 1. The lowest BCUT2D eigenvalue weighted by molar-refractivity contribution is 1.22. The lowest BCUT2D eigenvalue weighted by atomic mass is 10.2. The molecule has 0 aliphatic carbocycles. The van der Waals surface area contributed by atoms with Crippen LogP contribution in [0.1, 0.15) is 5.56 Å². The van der Waals surface area contributed by atoms with Gasteiger partial charge in [-0.15, -0.1) is 0 Å². The van der Waals surface area contributed by atoms with Crippen LogP contribution in [0.25, 0.3) is 0 Å². The molecule has 0 amide bonds. The summed E-state index contributed by atoms with van der Waals surface area (Å²) in [5.41, 5.74) is 11.5. The van der Waals surface area contributed by atoms with Crippen molar-refractivity contribution in [2.24, 2.45) is 16.7 Å². The summed E-state index contributed by atoms with van der Waals surface area (Å²) in [6, 6.07) is 3.29. The monoisotopic (exact) mass is 151 g/mol. The molecule has 0 saturated heterocycles. The maximum Gasteiger partial charge on any atom is 0.150 e. The number of nitrogen functional groups attached to an aromatic ring is 1. The summed E-state index contributed by atoms with van der Waals surface area (Å²) < 4.78 is 0. The first-order valence-electron chi connectivity index (χ1n) is 2.99. The third-order valence-corrected chi connectivity index (χ3v) is 1.22. The fourth-order valence-corrected chi connectivity index (χ4v) is 0.682. The van der Waals surface area contributed by atoms with Gasteiger partial charge in [-0.25, -0.2) is 4.98 Å². The van der Waals surface area contributed by atoms with Gasteiger partial charge in [0.25, 0.3) is 0 Å². The van der Waals surface area contributed by atoms with Crippen LogP contribution in [0.3, 0.4) is 0 Å². The minimum absolute atomic E-state index is 0.249. The third-order valence-electron chi connectivity index (χ3n) is 1.22. The number of hydrogen-bond acceptors (Lipinski definition) is 4. The number of aromatic nitrogens is 1. The molecule has 0 aromatic carbocycles. The summed E-state index contributed by atoms with van der Waals surface area (Å²) in [6.45, 7) is 0. The molecule has 58 valence electrons. The van der Waals surface area contributed by atoms with E-state index in [1.54, 1.807) is 18.3 Å². The van der Waals surface area contributed by atoms with Gasteiger partial charge in [-0.05, 0) is 12.1 Å². The van der Waals surface area contributed by atoms with Gasteiger partial charge in [0.1, 0.15) is 11.7 Å². The van der Waals surface area contributed by atoms with Crippen LogP contribution in [0.4, 0.5) is 5.82 Å². The lowest BCUT2D eigenvalue weighted by Gasteiger charge is -1.98. The maximum absolute atomic E-state index is 5.40. The smallest absolute Gasteiger partial charge is 0.150 e. The lowest BCUT2D eigenvalue weighted by Crippen LogP contribution is -2.15. The summed E-state index contributed by atoms with van der Waals surface area (Å²) in [4.78, 5) is 3.78. The zero-order chi connectivity index (χ0) is 8.27. The van der Waals surface area contributed by atoms with Gasteiger partial charge in [-0.1, -0.05) is 0 Å². The van der Waals surface area contributed by atoms with E-state index < -0.39 is 0 Å². The first-order valence-corrected chi connectivity index (χ1v) is 2.99. The van der Waals surface area contributed by atoms with Crippen LogP contribution in [-0.4, -0.2) is 10.8 Å². The average Bonchev–Trinajstić information content (AvgIpc) is 2.03. The van der Waals surface area contributed by atoms with E-state index in [0.29, 0.717) is 11.4 Å². The molecule has 1 aromatic heterocycles. The van der Waals surface area contributed by atoms with Crippen LogP contribution >= 0.6 is 0 Å². The van der Waals surface area contributed by atoms with Crippen molar-refractivity contribution in [3.63, 3.8) is 0 Å². The summed E-state index contributed by atoms with van der Waals surface area (Å²) in [7, 11) is 0. The van der Waals surface area contributed by atoms with E-state index in [2.05, 4.69) is 10.1 Å². The normalized spacial score (nSPS) is 11.5. The number of nitrogens with zero attached hydrogens (tertiary/aromatic N) is 2. The third kappa shape index (κ3) is 1.57. The van der Waals surface area contributed by atoms with Crippen molar-refractivity contribution in [2.75, 3.05) is 5.73 Å². The topological polar surface area (TPSA) is 103 Å². The molecule has 1 rings (SSSR count). The Morgan fingerprint density at radius 3 is 2.82 bits per heavy atom. The Hall–Kier alpha value is -1.78. The molecule has 0 aliphatic rings. The van der Waals surface area contributed by atoms with Crippen molar-refractivity contribution >= 4 is 11.7 Å². The Labute approximate surface area is 63.9 Å². The number of rotatable bonds is 1. The average molecular weight is 151 g/mol. The summed E-state index contributed by atoms with van der Waals surface area (Å²) in [5.74, 6) is 5.60. The minimum Gasteiger partial charge on any atom is -0.384 e. The van der Waals surface area contributed by atoms with Gasteiger partial charge in [0.2, 0.25) is 0 Å².